The van der Waals surface area contributed by atoms with Gasteiger partial charge in [0.25, 0.3) is 11.8 Å². The van der Waals surface area contributed by atoms with Crippen LogP contribution in [-0.4, -0.2) is 62.2 Å². The zero-order chi connectivity index (χ0) is 21.9. The molecular weight excluding hydrogens is 398 g/mol. The molecule has 1 aromatic heterocycles. The van der Waals surface area contributed by atoms with E-state index in [9.17, 15) is 19.2 Å². The van der Waals surface area contributed by atoms with Crippen LogP contribution in [0.4, 0.5) is 10.5 Å². The first-order chi connectivity index (χ1) is 14.8. The van der Waals surface area contributed by atoms with Crippen molar-refractivity contribution >= 4 is 29.4 Å². The number of aromatic nitrogens is 1. The Morgan fingerprint density at radius 2 is 1.84 bits per heavy atom. The van der Waals surface area contributed by atoms with Crippen LogP contribution in [0.25, 0.3) is 0 Å². The van der Waals surface area contributed by atoms with E-state index in [1.807, 2.05) is 6.92 Å². The summed E-state index contributed by atoms with van der Waals surface area (Å²) in [5.41, 5.74) is 6.15. The lowest BCUT2D eigenvalue weighted by molar-refractivity contribution is -0.146. The molecule has 2 N–H and O–H groups in total. The molecule has 5 rings (SSSR count). The van der Waals surface area contributed by atoms with Crippen LogP contribution in [0.15, 0.2) is 18.5 Å². The number of pyridine rings is 1. The molecule has 9 nitrogen and oxygen atoms in total. The van der Waals surface area contributed by atoms with Crippen molar-refractivity contribution in [3.05, 3.63) is 24.0 Å². The van der Waals surface area contributed by atoms with Crippen LogP contribution >= 0.6 is 0 Å². The van der Waals surface area contributed by atoms with Crippen molar-refractivity contribution in [1.82, 2.24) is 14.8 Å². The van der Waals surface area contributed by atoms with Crippen LogP contribution in [0.1, 0.15) is 56.9 Å². The average Bonchev–Trinajstić information content (AvgIpc) is 3.36. The molecule has 0 bridgehead atoms. The number of rotatable bonds is 2. The highest BCUT2D eigenvalue weighted by Crippen LogP contribution is 2.50. The van der Waals surface area contributed by atoms with Crippen LogP contribution in [0.5, 0.6) is 0 Å². The van der Waals surface area contributed by atoms with E-state index in [0.29, 0.717) is 37.8 Å². The number of imide groups is 2. The van der Waals surface area contributed by atoms with Gasteiger partial charge in [0.2, 0.25) is 5.91 Å². The number of carbonyl (C=O) groups is 4. The molecule has 3 atom stereocenters. The molecule has 0 aromatic carbocycles. The number of fused-ring (bicyclic) bond motifs is 1. The Hall–Kier alpha value is -2.81. The number of nitrogens with two attached hydrogens (primary N) is 1. The van der Waals surface area contributed by atoms with E-state index in [0.717, 1.165) is 34.6 Å². The second-order valence-corrected chi connectivity index (χ2v) is 9.23. The highest BCUT2D eigenvalue weighted by atomic mass is 16.2. The Bertz CT molecular complexity index is 974. The number of hydrogen-bond acceptors (Lipinski definition) is 6. The van der Waals surface area contributed by atoms with Crippen LogP contribution in [0.2, 0.25) is 0 Å². The van der Waals surface area contributed by atoms with E-state index < -0.39 is 29.6 Å². The molecule has 0 radical (unpaired) electrons. The summed E-state index contributed by atoms with van der Waals surface area (Å²) >= 11 is 0. The molecule has 4 aliphatic rings. The molecule has 1 spiro atoms. The molecule has 164 valence electrons. The lowest BCUT2D eigenvalue weighted by Gasteiger charge is -2.35. The zero-order valence-corrected chi connectivity index (χ0v) is 17.6. The number of anilines is 1. The van der Waals surface area contributed by atoms with Gasteiger partial charge in [-0.25, -0.2) is 14.6 Å². The molecule has 3 aliphatic heterocycles. The Morgan fingerprint density at radius 1 is 1.10 bits per heavy atom. The molecule has 0 unspecified atom stereocenters. The van der Waals surface area contributed by atoms with Gasteiger partial charge in [-0.1, -0.05) is 12.8 Å². The van der Waals surface area contributed by atoms with Crippen molar-refractivity contribution in [3.8, 4) is 0 Å². The second-order valence-electron chi connectivity index (χ2n) is 9.23. The quantitative estimate of drug-likeness (QED) is 0.718. The lowest BCUT2D eigenvalue weighted by Crippen LogP contribution is -2.57. The largest absolute Gasteiger partial charge is 0.339 e. The van der Waals surface area contributed by atoms with Gasteiger partial charge in [0.1, 0.15) is 11.6 Å². The van der Waals surface area contributed by atoms with Crippen LogP contribution in [0.3, 0.4) is 0 Å². The van der Waals surface area contributed by atoms with Gasteiger partial charge in [-0.3, -0.25) is 19.4 Å². The third-order valence-electron chi connectivity index (χ3n) is 7.14. The predicted octanol–water partition coefficient (Wildman–Crippen LogP) is 1.48. The second kappa shape index (κ2) is 7.12. The SMILES string of the molecule is Cc1cncc(N2C(=O)N(C(=O)[C@@H]3CC[C@@H]4CCCC[C@H](N)C(=O)N43)C3(CC3)C2=O)c1. The Kier molecular flexibility index (Phi) is 4.62. The third kappa shape index (κ3) is 2.97. The first-order valence-corrected chi connectivity index (χ1v) is 11.1. The molecule has 31 heavy (non-hydrogen) atoms. The number of urea groups is 1. The Balaban J connectivity index is 1.47. The topological polar surface area (TPSA) is 117 Å². The van der Waals surface area contributed by atoms with Gasteiger partial charge >= 0.3 is 6.03 Å². The summed E-state index contributed by atoms with van der Waals surface area (Å²) < 4.78 is 0. The van der Waals surface area contributed by atoms with E-state index in [4.69, 9.17) is 5.73 Å². The van der Waals surface area contributed by atoms with E-state index >= 15 is 0 Å². The molecule has 1 aromatic rings. The van der Waals surface area contributed by atoms with E-state index in [1.54, 1.807) is 17.2 Å². The number of amides is 5. The minimum absolute atomic E-state index is 0.0339. The summed E-state index contributed by atoms with van der Waals surface area (Å²) in [4.78, 5) is 61.2. The van der Waals surface area contributed by atoms with E-state index in [-0.39, 0.29) is 17.9 Å². The number of aryl methyl sites for hydroxylation is 1. The zero-order valence-electron chi connectivity index (χ0n) is 17.6. The van der Waals surface area contributed by atoms with Crippen molar-refractivity contribution in [3.63, 3.8) is 0 Å². The first-order valence-electron chi connectivity index (χ1n) is 11.1. The van der Waals surface area contributed by atoms with E-state index in [1.165, 1.54) is 6.20 Å². The molecule has 1 aliphatic carbocycles. The maximum Gasteiger partial charge on any atom is 0.339 e. The van der Waals surface area contributed by atoms with Crippen molar-refractivity contribution in [2.45, 2.75) is 82.0 Å². The minimum atomic E-state index is -1.12. The molecular formula is C22H27N5O4. The van der Waals surface area contributed by atoms with Gasteiger partial charge in [0.05, 0.1) is 17.9 Å². The Morgan fingerprint density at radius 3 is 2.55 bits per heavy atom. The maximum atomic E-state index is 13.7. The molecule has 4 heterocycles. The lowest BCUT2D eigenvalue weighted by atomic mass is 9.99. The highest BCUT2D eigenvalue weighted by molar-refractivity contribution is 6.29. The summed E-state index contributed by atoms with van der Waals surface area (Å²) in [6, 6.07) is -0.344. The fourth-order valence-electron chi connectivity index (χ4n) is 5.37. The standard InChI is InChI=1S/C22H27N5O4/c1-13-10-15(12-24-11-13)26-20(30)22(8-9-22)27(21(26)31)19(29)17-7-6-14-4-2-3-5-16(23)18(28)25(14)17/h10-12,14,16-17H,2-9,23H2,1H3/t14-,16-,17-/m0/s1. The van der Waals surface area contributed by atoms with Crippen molar-refractivity contribution in [1.29, 1.82) is 0 Å². The summed E-state index contributed by atoms with van der Waals surface area (Å²) in [5.74, 6) is -1.06. The normalized spacial score (nSPS) is 29.9. The van der Waals surface area contributed by atoms with Gasteiger partial charge in [-0.15, -0.1) is 0 Å². The highest BCUT2D eigenvalue weighted by Gasteiger charge is 2.68. The summed E-state index contributed by atoms with van der Waals surface area (Å²) in [7, 11) is 0. The van der Waals surface area contributed by atoms with Gasteiger partial charge in [-0.2, -0.15) is 0 Å². The number of hydrogen-bond donors (Lipinski definition) is 1. The molecule has 9 heteroatoms. The van der Waals surface area contributed by atoms with Crippen molar-refractivity contribution in [2.75, 3.05) is 4.90 Å². The first kappa shape index (κ1) is 20.1. The predicted molar refractivity (Wildman–Crippen MR) is 111 cm³/mol. The average molecular weight is 425 g/mol. The Labute approximate surface area is 180 Å². The molecule has 1 saturated carbocycles. The number of carbonyl (C=O) groups excluding carboxylic acids is 4. The molecule has 4 fully saturated rings. The van der Waals surface area contributed by atoms with Crippen molar-refractivity contribution < 1.29 is 19.2 Å². The fourth-order valence-corrected chi connectivity index (χ4v) is 5.37. The smallest absolute Gasteiger partial charge is 0.326 e. The van der Waals surface area contributed by atoms with Gasteiger partial charge in [0.15, 0.2) is 0 Å². The van der Waals surface area contributed by atoms with Gasteiger partial charge in [0, 0.05) is 12.2 Å². The van der Waals surface area contributed by atoms with Gasteiger partial charge < -0.3 is 10.6 Å². The minimum Gasteiger partial charge on any atom is -0.326 e. The van der Waals surface area contributed by atoms with Crippen LogP contribution < -0.4 is 10.6 Å². The summed E-state index contributed by atoms with van der Waals surface area (Å²) in [6.45, 7) is 1.83. The maximum absolute atomic E-state index is 13.7. The van der Waals surface area contributed by atoms with Crippen molar-refractivity contribution in [2.24, 2.45) is 5.73 Å². The van der Waals surface area contributed by atoms with Crippen LogP contribution in [0, 0.1) is 6.92 Å². The fraction of sp³-hybridized carbons (Fsp3) is 0.591. The van der Waals surface area contributed by atoms with E-state index in [2.05, 4.69) is 4.98 Å². The number of nitrogens with zero attached hydrogens (tertiary/aromatic N) is 4. The van der Waals surface area contributed by atoms with Crippen LogP contribution in [-0.2, 0) is 14.4 Å². The monoisotopic (exact) mass is 425 g/mol. The summed E-state index contributed by atoms with van der Waals surface area (Å²) in [5, 5.41) is 0. The molecule has 5 amide bonds. The third-order valence-corrected chi connectivity index (χ3v) is 7.14. The molecule has 3 saturated heterocycles. The summed E-state index contributed by atoms with van der Waals surface area (Å²) in [6.07, 6.45) is 8.49. The van der Waals surface area contributed by atoms with Gasteiger partial charge in [-0.05, 0) is 57.1 Å².